The van der Waals surface area contributed by atoms with E-state index in [1.165, 1.54) is 12.3 Å². The van der Waals surface area contributed by atoms with E-state index in [0.717, 1.165) is 19.0 Å². The lowest BCUT2D eigenvalue weighted by atomic mass is 9.89. The zero-order valence-corrected chi connectivity index (χ0v) is 15.4. The van der Waals surface area contributed by atoms with Crippen molar-refractivity contribution in [1.29, 1.82) is 0 Å². The number of nitrogens with zero attached hydrogens (tertiary/aromatic N) is 4. The van der Waals surface area contributed by atoms with Crippen LogP contribution in [0.2, 0.25) is 0 Å². The summed E-state index contributed by atoms with van der Waals surface area (Å²) in [4.78, 5) is 26.6. The minimum atomic E-state index is -0.412. The molecule has 1 saturated carbocycles. The number of anilines is 3. The minimum absolute atomic E-state index is 0.00630. The Hall–Kier alpha value is -2.97. The van der Waals surface area contributed by atoms with Gasteiger partial charge in [-0.25, -0.2) is 9.37 Å². The first-order valence-electron chi connectivity index (χ1n) is 8.87. The number of likely N-dealkylation sites (N-methyl/N-ethyl adjacent to an activating group) is 1. The molecule has 4 rings (SSSR count). The van der Waals surface area contributed by atoms with Crippen molar-refractivity contribution in [1.82, 2.24) is 15.0 Å². The number of aryl methyl sites for hydroxylation is 1. The number of pyridine rings is 1. The van der Waals surface area contributed by atoms with Crippen LogP contribution in [-0.2, 0) is 4.79 Å². The molecule has 2 aliphatic rings. The van der Waals surface area contributed by atoms with Gasteiger partial charge in [-0.05, 0) is 13.8 Å². The number of hydrogen-bond donors (Lipinski definition) is 2. The van der Waals surface area contributed by atoms with Gasteiger partial charge in [0.05, 0.1) is 18.1 Å². The zero-order chi connectivity index (χ0) is 19.1. The van der Waals surface area contributed by atoms with E-state index in [9.17, 15) is 9.18 Å². The number of halogens is 1. The van der Waals surface area contributed by atoms with Crippen LogP contribution >= 0.6 is 0 Å². The van der Waals surface area contributed by atoms with Crippen molar-refractivity contribution in [2.45, 2.75) is 44.9 Å². The molecule has 142 valence electrons. The van der Waals surface area contributed by atoms with Crippen LogP contribution in [0.25, 0.3) is 0 Å². The smallest absolute Gasteiger partial charge is 0.246 e. The molecule has 2 aromatic rings. The van der Waals surface area contributed by atoms with Crippen LogP contribution in [-0.4, -0.2) is 46.1 Å². The molecule has 0 saturated heterocycles. The van der Waals surface area contributed by atoms with Crippen LogP contribution in [0.5, 0.6) is 5.75 Å². The molecular formula is C18H21FN6O2. The van der Waals surface area contributed by atoms with Gasteiger partial charge < -0.3 is 20.3 Å². The molecule has 0 unspecified atom stereocenters. The van der Waals surface area contributed by atoms with E-state index in [1.54, 1.807) is 0 Å². The summed E-state index contributed by atoms with van der Waals surface area (Å²) in [6, 6.07) is 1.21. The molecule has 0 radical (unpaired) electrons. The first kappa shape index (κ1) is 17.4. The number of fused-ring (bicyclic) bond motifs is 1. The standard InChI is InChI=1S/C18H21FN6O2/c1-9-15-16(25(3)10(2)17(26)23-15)24-18(21-9)22-12-5-13(6-12)27-14-4-11(19)7-20-8-14/h4,7-8,10,12-13H,5-6H2,1-3H3,(H,23,26)(H,21,22,24)/t10-,12-,13-/m0/s1. The first-order chi connectivity index (χ1) is 12.9. The van der Waals surface area contributed by atoms with Gasteiger partial charge >= 0.3 is 0 Å². The zero-order valence-electron chi connectivity index (χ0n) is 15.4. The largest absolute Gasteiger partial charge is 0.489 e. The molecule has 0 spiro atoms. The van der Waals surface area contributed by atoms with E-state index in [2.05, 4.69) is 25.6 Å². The van der Waals surface area contributed by atoms with Crippen molar-refractivity contribution in [3.63, 3.8) is 0 Å². The highest BCUT2D eigenvalue weighted by Gasteiger charge is 2.33. The fraction of sp³-hybridized carbons (Fsp3) is 0.444. The second kappa shape index (κ2) is 6.64. The van der Waals surface area contributed by atoms with Gasteiger partial charge in [0, 0.05) is 32.0 Å². The summed E-state index contributed by atoms with van der Waals surface area (Å²) in [5, 5.41) is 6.18. The summed E-state index contributed by atoms with van der Waals surface area (Å²) in [6.45, 7) is 3.68. The molecule has 1 aliphatic carbocycles. The Bertz CT molecular complexity index is 886. The number of carbonyl (C=O) groups excluding carboxylic acids is 1. The second-order valence-corrected chi connectivity index (χ2v) is 7.00. The maximum atomic E-state index is 13.2. The third-order valence-corrected chi connectivity index (χ3v) is 5.02. The van der Waals surface area contributed by atoms with Crippen LogP contribution in [0.1, 0.15) is 25.5 Å². The average Bonchev–Trinajstić information content (AvgIpc) is 2.59. The van der Waals surface area contributed by atoms with Crippen molar-refractivity contribution in [3.8, 4) is 5.75 Å². The highest BCUT2D eigenvalue weighted by molar-refractivity contribution is 6.03. The summed E-state index contributed by atoms with van der Waals surface area (Å²) in [6.07, 6.45) is 4.18. The molecule has 1 atom stereocenters. The molecule has 9 heteroatoms. The van der Waals surface area contributed by atoms with Crippen LogP contribution in [0.4, 0.5) is 21.8 Å². The minimum Gasteiger partial charge on any atom is -0.489 e. The van der Waals surface area contributed by atoms with E-state index in [0.29, 0.717) is 28.9 Å². The topological polar surface area (TPSA) is 92.3 Å². The maximum absolute atomic E-state index is 13.2. The number of hydrogen-bond acceptors (Lipinski definition) is 7. The number of rotatable bonds is 4. The summed E-state index contributed by atoms with van der Waals surface area (Å²) in [5.74, 6) is 1.19. The Morgan fingerprint density at radius 1 is 1.33 bits per heavy atom. The highest BCUT2D eigenvalue weighted by atomic mass is 19.1. The summed E-state index contributed by atoms with van der Waals surface area (Å²) in [7, 11) is 1.85. The van der Waals surface area contributed by atoms with Gasteiger partial charge in [0.25, 0.3) is 0 Å². The fourth-order valence-electron chi connectivity index (χ4n) is 3.22. The lowest BCUT2D eigenvalue weighted by Gasteiger charge is -2.36. The molecule has 3 heterocycles. The van der Waals surface area contributed by atoms with Crippen LogP contribution in [0.3, 0.4) is 0 Å². The van der Waals surface area contributed by atoms with Crippen LogP contribution in [0, 0.1) is 12.7 Å². The molecule has 1 amide bonds. The Morgan fingerprint density at radius 3 is 2.85 bits per heavy atom. The molecule has 8 nitrogen and oxygen atoms in total. The normalized spacial score (nSPS) is 23.9. The van der Waals surface area contributed by atoms with Gasteiger partial charge in [0.1, 0.15) is 29.4 Å². The Balaban J connectivity index is 1.40. The highest BCUT2D eigenvalue weighted by Crippen LogP contribution is 2.33. The van der Waals surface area contributed by atoms with Crippen molar-refractivity contribution >= 4 is 23.4 Å². The lowest BCUT2D eigenvalue weighted by Crippen LogP contribution is -2.45. The number of aromatic nitrogens is 3. The van der Waals surface area contributed by atoms with E-state index in [-0.39, 0.29) is 24.1 Å². The average molecular weight is 372 g/mol. The Morgan fingerprint density at radius 2 is 2.11 bits per heavy atom. The van der Waals surface area contributed by atoms with Crippen molar-refractivity contribution in [2.75, 3.05) is 22.6 Å². The first-order valence-corrected chi connectivity index (χ1v) is 8.87. The molecule has 1 aliphatic heterocycles. The van der Waals surface area contributed by atoms with Gasteiger partial charge in [-0.3, -0.25) is 9.78 Å². The molecule has 2 N–H and O–H groups in total. The number of amides is 1. The molecular weight excluding hydrogens is 351 g/mol. The molecule has 27 heavy (non-hydrogen) atoms. The maximum Gasteiger partial charge on any atom is 0.246 e. The van der Waals surface area contributed by atoms with Crippen LogP contribution in [0.15, 0.2) is 18.5 Å². The van der Waals surface area contributed by atoms with Gasteiger partial charge in [-0.1, -0.05) is 0 Å². The number of carbonyl (C=O) groups is 1. The van der Waals surface area contributed by atoms with Crippen LogP contribution < -0.4 is 20.3 Å². The van der Waals surface area contributed by atoms with Gasteiger partial charge in [-0.15, -0.1) is 0 Å². The molecule has 1 fully saturated rings. The predicted molar refractivity (Wildman–Crippen MR) is 98.5 cm³/mol. The van der Waals surface area contributed by atoms with E-state index >= 15 is 0 Å². The number of nitrogens with one attached hydrogen (secondary N) is 2. The fourth-order valence-corrected chi connectivity index (χ4v) is 3.22. The van der Waals surface area contributed by atoms with Crippen molar-refractivity contribution in [2.24, 2.45) is 0 Å². The lowest BCUT2D eigenvalue weighted by molar-refractivity contribution is -0.117. The van der Waals surface area contributed by atoms with Gasteiger partial charge in [0.2, 0.25) is 11.9 Å². The molecule has 0 bridgehead atoms. The summed E-state index contributed by atoms with van der Waals surface area (Å²) < 4.78 is 18.9. The van der Waals surface area contributed by atoms with E-state index < -0.39 is 5.82 Å². The molecule has 2 aromatic heterocycles. The third kappa shape index (κ3) is 3.36. The van der Waals surface area contributed by atoms with Gasteiger partial charge in [0.15, 0.2) is 5.82 Å². The predicted octanol–water partition coefficient (Wildman–Crippen LogP) is 2.12. The van der Waals surface area contributed by atoms with E-state index in [4.69, 9.17) is 4.74 Å². The summed E-state index contributed by atoms with van der Waals surface area (Å²) >= 11 is 0. The van der Waals surface area contributed by atoms with E-state index in [1.807, 2.05) is 25.8 Å². The second-order valence-electron chi connectivity index (χ2n) is 7.00. The third-order valence-electron chi connectivity index (χ3n) is 5.02. The number of ether oxygens (including phenoxy) is 1. The SMILES string of the molecule is Cc1nc(N[C@H]2C[C@H](Oc3cncc(F)c3)C2)nc2c1NC(=O)[C@H](C)N2C. The Labute approximate surface area is 156 Å². The Kier molecular flexibility index (Phi) is 4.29. The molecule has 0 aromatic carbocycles. The monoisotopic (exact) mass is 372 g/mol. The van der Waals surface area contributed by atoms with Crippen molar-refractivity contribution in [3.05, 3.63) is 30.0 Å². The summed E-state index contributed by atoms with van der Waals surface area (Å²) in [5.41, 5.74) is 1.37. The van der Waals surface area contributed by atoms with Crippen molar-refractivity contribution < 1.29 is 13.9 Å². The van der Waals surface area contributed by atoms with Gasteiger partial charge in [-0.2, -0.15) is 4.98 Å². The quantitative estimate of drug-likeness (QED) is 0.849.